The van der Waals surface area contributed by atoms with Gasteiger partial charge in [-0.05, 0) is 0 Å². The van der Waals surface area contributed by atoms with Crippen LogP contribution in [0, 0.1) is 0 Å². The van der Waals surface area contributed by atoms with Crippen molar-refractivity contribution >= 4 is 42.3 Å². The van der Waals surface area contributed by atoms with Gasteiger partial charge < -0.3 is 0 Å². The van der Waals surface area contributed by atoms with Crippen LogP contribution in [-0.4, -0.2) is 15.6 Å². The minimum absolute atomic E-state index is 4.26. The molecule has 5 heavy (non-hydrogen) atoms. The van der Waals surface area contributed by atoms with Crippen LogP contribution in [0.25, 0.3) is 0 Å². The van der Waals surface area contributed by atoms with Crippen LogP contribution in [0.15, 0.2) is 0 Å². The van der Waals surface area contributed by atoms with Crippen molar-refractivity contribution in [2.24, 2.45) is 0 Å². The molecule has 0 nitrogen and oxygen atoms in total. The zero-order valence-corrected chi connectivity index (χ0v) is 7.13. The Morgan fingerprint density at radius 3 is 1.20 bits per heavy atom. The molecule has 0 saturated heterocycles. The molecule has 0 amide bonds. The molecule has 0 heterocycles. The zero-order chi connectivity index (χ0) is 4.50. The van der Waals surface area contributed by atoms with Gasteiger partial charge in [0, 0.05) is 0 Å². The van der Waals surface area contributed by atoms with E-state index in [0.717, 1.165) is 0 Å². The summed E-state index contributed by atoms with van der Waals surface area (Å²) in [6.07, 6.45) is 0. The third kappa shape index (κ3) is 28.4. The van der Waals surface area contributed by atoms with E-state index in [9.17, 15) is 2.87 Å². The minimum atomic E-state index is -4.26. The molecule has 0 spiro atoms. The maximum absolute atomic E-state index is 11.2. The Morgan fingerprint density at radius 2 is 1.20 bits per heavy atom. The first-order chi connectivity index (χ1) is 2.00. The van der Waals surface area contributed by atoms with Gasteiger partial charge in [-0.1, -0.05) is 0 Å². The van der Waals surface area contributed by atoms with Crippen LogP contribution in [0.4, 0.5) is 2.87 Å². The molecule has 0 N–H and O–H groups in total. The Hall–Kier alpha value is 1.60. The molecule has 0 aliphatic carbocycles. The molecule has 0 aromatic heterocycles. The van der Waals surface area contributed by atoms with Gasteiger partial charge in [0.25, 0.3) is 0 Å². The first kappa shape index (κ1) is 6.60. The number of rotatable bonds is 0. The molecule has 0 aromatic carbocycles. The molecule has 0 unspecified atom stereocenters. The quantitative estimate of drug-likeness (QED) is 0.572. The fourth-order valence-electron chi connectivity index (χ4n) is 0. The fraction of sp³-hybridized carbons (Fsp3) is 0. The summed E-state index contributed by atoms with van der Waals surface area (Å²) in [5, 5.41) is 0. The predicted octanol–water partition coefficient (Wildman–Crippen LogP) is 2.11. The Bertz CT molecular complexity index is 22.4. The van der Waals surface area contributed by atoms with Gasteiger partial charge >= 0.3 is 45.2 Å². The second-order valence-corrected chi connectivity index (χ2v) is 17.2. The molecule has 0 aliphatic rings. The molecule has 0 saturated carbocycles. The number of hydrogen-bond donors (Lipinski definition) is 0. The molecular formula is Cl3FSn. The Morgan fingerprint density at radius 1 is 1.20 bits per heavy atom. The van der Waals surface area contributed by atoms with Gasteiger partial charge in [-0.3, -0.25) is 0 Å². The van der Waals surface area contributed by atoms with Crippen LogP contribution in [0.5, 0.6) is 0 Å². The average Bonchev–Trinajstić information content (AvgIpc) is 0.722. The Balaban J connectivity index is 3.02. The van der Waals surface area contributed by atoms with Crippen molar-refractivity contribution in [3.05, 3.63) is 0 Å². The maximum atomic E-state index is 11.2. The van der Waals surface area contributed by atoms with Crippen molar-refractivity contribution in [3.8, 4) is 0 Å². The van der Waals surface area contributed by atoms with Gasteiger partial charge in [-0.15, -0.1) is 0 Å². The van der Waals surface area contributed by atoms with Crippen molar-refractivity contribution in [1.29, 1.82) is 0 Å². The number of hydrogen-bond acceptors (Lipinski definition) is 0. The van der Waals surface area contributed by atoms with E-state index in [-0.39, 0.29) is 0 Å². The van der Waals surface area contributed by atoms with Crippen LogP contribution < -0.4 is 0 Å². The van der Waals surface area contributed by atoms with Gasteiger partial charge in [-0.2, -0.15) is 0 Å². The summed E-state index contributed by atoms with van der Waals surface area (Å²) in [4.78, 5) is 0. The predicted molar refractivity (Wildman–Crippen MR) is 24.4 cm³/mol. The summed E-state index contributed by atoms with van der Waals surface area (Å²) in [6.45, 7) is 0. The summed E-state index contributed by atoms with van der Waals surface area (Å²) in [6, 6.07) is 0. The normalized spacial score (nSPS) is 12.0. The molecule has 0 rings (SSSR count). The molecule has 0 radical (unpaired) electrons. The molecule has 0 fully saturated rings. The van der Waals surface area contributed by atoms with E-state index < -0.39 is 15.6 Å². The molecule has 0 atom stereocenters. The van der Waals surface area contributed by atoms with Crippen LogP contribution in [0.2, 0.25) is 0 Å². The third-order valence-corrected chi connectivity index (χ3v) is 0. The van der Waals surface area contributed by atoms with Gasteiger partial charge in [0.1, 0.15) is 0 Å². The molecule has 0 aliphatic heterocycles. The van der Waals surface area contributed by atoms with Crippen molar-refractivity contribution in [3.63, 3.8) is 0 Å². The molecule has 32 valence electrons. The standard InChI is InChI=1S/3ClH.FH.Sn/h4*1H;/q;;;;+4/p-4. The van der Waals surface area contributed by atoms with E-state index in [4.69, 9.17) is 0 Å². The van der Waals surface area contributed by atoms with Gasteiger partial charge in [0.2, 0.25) is 0 Å². The van der Waals surface area contributed by atoms with Crippen molar-refractivity contribution < 1.29 is 2.87 Å². The van der Waals surface area contributed by atoms with E-state index in [1.165, 1.54) is 0 Å². The van der Waals surface area contributed by atoms with Crippen LogP contribution >= 0.6 is 26.8 Å². The van der Waals surface area contributed by atoms with Crippen molar-refractivity contribution in [1.82, 2.24) is 0 Å². The van der Waals surface area contributed by atoms with Crippen LogP contribution in [0.1, 0.15) is 0 Å². The van der Waals surface area contributed by atoms with Crippen LogP contribution in [0.3, 0.4) is 0 Å². The van der Waals surface area contributed by atoms with E-state index in [0.29, 0.717) is 0 Å². The molecular weight excluding hydrogens is 244 g/mol. The second kappa shape index (κ2) is 2.05. The topological polar surface area (TPSA) is 0 Å². The average molecular weight is 244 g/mol. The van der Waals surface area contributed by atoms with E-state index in [2.05, 4.69) is 26.8 Å². The van der Waals surface area contributed by atoms with Gasteiger partial charge in [0.15, 0.2) is 0 Å². The number of halogens is 4. The molecule has 0 aromatic rings. The van der Waals surface area contributed by atoms with E-state index >= 15 is 0 Å². The Kier molecular flexibility index (Phi) is 2.71. The monoisotopic (exact) mass is 244 g/mol. The van der Waals surface area contributed by atoms with Crippen LogP contribution in [-0.2, 0) is 0 Å². The first-order valence-corrected chi connectivity index (χ1v) is 12.7. The third-order valence-electron chi connectivity index (χ3n) is 0. The molecule has 0 bridgehead atoms. The zero-order valence-electron chi connectivity index (χ0n) is 2.01. The summed E-state index contributed by atoms with van der Waals surface area (Å²) < 4.78 is 11.2. The first-order valence-electron chi connectivity index (χ1n) is 0.756. The SMILES string of the molecule is [F][Sn]([Cl])([Cl])[Cl]. The van der Waals surface area contributed by atoms with E-state index in [1.807, 2.05) is 0 Å². The van der Waals surface area contributed by atoms with Gasteiger partial charge in [0.05, 0.1) is 0 Å². The summed E-state index contributed by atoms with van der Waals surface area (Å²) in [7, 11) is 13.8. The fourth-order valence-corrected chi connectivity index (χ4v) is 0. The van der Waals surface area contributed by atoms with Gasteiger partial charge in [-0.25, -0.2) is 0 Å². The second-order valence-electron chi connectivity index (χ2n) is 0.429. The van der Waals surface area contributed by atoms with Crippen molar-refractivity contribution in [2.75, 3.05) is 0 Å². The summed E-state index contributed by atoms with van der Waals surface area (Å²) in [5.74, 6) is 0. The Labute approximate surface area is 45.0 Å². The summed E-state index contributed by atoms with van der Waals surface area (Å²) in [5.41, 5.74) is 0. The van der Waals surface area contributed by atoms with Crippen molar-refractivity contribution in [2.45, 2.75) is 0 Å². The van der Waals surface area contributed by atoms with E-state index in [1.54, 1.807) is 0 Å². The summed E-state index contributed by atoms with van der Waals surface area (Å²) >= 11 is -4.26. The molecule has 5 heteroatoms.